The molecule has 0 N–H and O–H groups in total. The molecular weight excluding hydrogens is 496 g/mol. The molecule has 0 aliphatic heterocycles. The Morgan fingerprint density at radius 1 is 0.590 bits per heavy atom. The highest BCUT2D eigenvalue weighted by atomic mass is 32.1. The number of para-hydroxylation sites is 1. The highest BCUT2D eigenvalue weighted by Gasteiger charge is 2.16. The van der Waals surface area contributed by atoms with Crippen LogP contribution in [0, 0.1) is 0 Å². The molecule has 3 aromatic heterocycles. The van der Waals surface area contributed by atoms with Crippen LogP contribution in [0.25, 0.3) is 81.0 Å². The van der Waals surface area contributed by atoms with Gasteiger partial charge in [-0.25, -0.2) is 4.98 Å². The second-order valence-electron chi connectivity index (χ2n) is 10.0. The molecular formula is C35H20N2OS. The lowest BCUT2D eigenvalue weighted by Gasteiger charge is -2.09. The molecule has 0 amide bonds. The number of oxazole rings is 1. The van der Waals surface area contributed by atoms with Gasteiger partial charge < -0.3 is 8.98 Å². The van der Waals surface area contributed by atoms with E-state index in [0.29, 0.717) is 5.89 Å². The third kappa shape index (κ3) is 3.01. The molecule has 4 heteroatoms. The van der Waals surface area contributed by atoms with Crippen molar-refractivity contribution in [3.63, 3.8) is 0 Å². The van der Waals surface area contributed by atoms with E-state index in [1.807, 2.05) is 6.07 Å². The van der Waals surface area contributed by atoms with Crippen LogP contribution in [0.15, 0.2) is 126 Å². The van der Waals surface area contributed by atoms with Crippen LogP contribution in [0.3, 0.4) is 0 Å². The van der Waals surface area contributed by atoms with E-state index in [4.69, 9.17) is 9.40 Å². The number of hydrogen-bond acceptors (Lipinski definition) is 3. The zero-order valence-electron chi connectivity index (χ0n) is 20.8. The molecule has 9 aromatic rings. The summed E-state index contributed by atoms with van der Waals surface area (Å²) in [4.78, 5) is 4.99. The topological polar surface area (TPSA) is 31.0 Å². The van der Waals surface area contributed by atoms with Crippen molar-refractivity contribution in [2.24, 2.45) is 0 Å². The van der Waals surface area contributed by atoms with Crippen LogP contribution >= 0.6 is 11.3 Å². The third-order valence-electron chi connectivity index (χ3n) is 7.81. The zero-order valence-corrected chi connectivity index (χ0v) is 21.6. The summed E-state index contributed by atoms with van der Waals surface area (Å²) in [6, 6.07) is 43.1. The van der Waals surface area contributed by atoms with Gasteiger partial charge in [0.1, 0.15) is 5.52 Å². The number of thiophene rings is 1. The number of hydrogen-bond donors (Lipinski definition) is 0. The van der Waals surface area contributed by atoms with E-state index in [9.17, 15) is 0 Å². The SMILES string of the molecule is c1ccc2cc3c(cc2c1)c1ccccc1n3-c1ccc(-c2nc3c(ccc4sc5ccccc5c43)o2)cc1. The Hall–Kier alpha value is -4.93. The highest BCUT2D eigenvalue weighted by molar-refractivity contribution is 7.26. The average molecular weight is 517 g/mol. The molecule has 0 saturated heterocycles. The van der Waals surface area contributed by atoms with Crippen molar-refractivity contribution in [2.45, 2.75) is 0 Å². The monoisotopic (exact) mass is 516 g/mol. The first-order valence-corrected chi connectivity index (χ1v) is 13.9. The van der Waals surface area contributed by atoms with Crippen molar-refractivity contribution >= 4 is 75.2 Å². The van der Waals surface area contributed by atoms with Gasteiger partial charge in [0.25, 0.3) is 0 Å². The first-order valence-electron chi connectivity index (χ1n) is 13.1. The van der Waals surface area contributed by atoms with Crippen LogP contribution in [-0.4, -0.2) is 9.55 Å². The largest absolute Gasteiger partial charge is 0.436 e. The van der Waals surface area contributed by atoms with Gasteiger partial charge >= 0.3 is 0 Å². The molecule has 0 radical (unpaired) electrons. The summed E-state index contributed by atoms with van der Waals surface area (Å²) in [5, 5.41) is 7.43. The van der Waals surface area contributed by atoms with Gasteiger partial charge in [-0.2, -0.15) is 0 Å². The minimum absolute atomic E-state index is 0.646. The molecule has 9 rings (SSSR count). The van der Waals surface area contributed by atoms with E-state index >= 15 is 0 Å². The van der Waals surface area contributed by atoms with Gasteiger partial charge in [-0.3, -0.25) is 0 Å². The van der Waals surface area contributed by atoms with E-state index in [-0.39, 0.29) is 0 Å². The van der Waals surface area contributed by atoms with Crippen LogP contribution in [-0.2, 0) is 0 Å². The van der Waals surface area contributed by atoms with Crippen molar-refractivity contribution in [1.29, 1.82) is 0 Å². The van der Waals surface area contributed by atoms with Gasteiger partial charge in [0.15, 0.2) is 5.58 Å². The Morgan fingerprint density at radius 3 is 2.21 bits per heavy atom. The van der Waals surface area contributed by atoms with Gasteiger partial charge in [0.2, 0.25) is 5.89 Å². The first-order chi connectivity index (χ1) is 19.3. The van der Waals surface area contributed by atoms with Gasteiger partial charge in [0.05, 0.1) is 11.0 Å². The molecule has 182 valence electrons. The molecule has 3 nitrogen and oxygen atoms in total. The Balaban J connectivity index is 1.22. The number of aromatic nitrogens is 2. The quantitative estimate of drug-likeness (QED) is 0.229. The van der Waals surface area contributed by atoms with E-state index in [1.165, 1.54) is 52.8 Å². The second kappa shape index (κ2) is 7.79. The average Bonchev–Trinajstić information content (AvgIpc) is 3.67. The van der Waals surface area contributed by atoms with E-state index < -0.39 is 0 Å². The molecule has 0 spiro atoms. The maximum Gasteiger partial charge on any atom is 0.227 e. The van der Waals surface area contributed by atoms with Crippen molar-refractivity contribution in [1.82, 2.24) is 9.55 Å². The molecule has 0 unspecified atom stereocenters. The molecule has 6 aromatic carbocycles. The normalized spacial score (nSPS) is 12.1. The standard InChI is InChI=1S/C35H20N2OS/c1-2-8-23-20-29-27(19-22(23)7-1)25-9-3-5-11-28(25)37(29)24-15-13-21(14-16-24)35-36-34-30(38-35)17-18-32-33(34)26-10-4-6-12-31(26)39-32/h1-20H. The first kappa shape index (κ1) is 21.1. The summed E-state index contributed by atoms with van der Waals surface area (Å²) in [7, 11) is 0. The maximum absolute atomic E-state index is 6.29. The van der Waals surface area contributed by atoms with Crippen molar-refractivity contribution < 1.29 is 4.42 Å². The van der Waals surface area contributed by atoms with E-state index in [2.05, 4.69) is 120 Å². The smallest absolute Gasteiger partial charge is 0.227 e. The zero-order chi connectivity index (χ0) is 25.5. The number of benzene rings is 6. The summed E-state index contributed by atoms with van der Waals surface area (Å²) < 4.78 is 11.1. The Bertz CT molecular complexity index is 2390. The molecule has 3 heterocycles. The van der Waals surface area contributed by atoms with Crippen LogP contribution < -0.4 is 0 Å². The fourth-order valence-electron chi connectivity index (χ4n) is 6.01. The third-order valence-corrected chi connectivity index (χ3v) is 8.95. The Labute approximate surface area is 227 Å². The lowest BCUT2D eigenvalue weighted by atomic mass is 10.1. The van der Waals surface area contributed by atoms with Crippen LogP contribution in [0.2, 0.25) is 0 Å². The van der Waals surface area contributed by atoms with E-state index in [1.54, 1.807) is 11.3 Å². The lowest BCUT2D eigenvalue weighted by molar-refractivity contribution is 0.620. The summed E-state index contributed by atoms with van der Waals surface area (Å²) >= 11 is 1.80. The van der Waals surface area contributed by atoms with Crippen LogP contribution in [0.4, 0.5) is 0 Å². The molecule has 0 aliphatic carbocycles. The predicted octanol–water partition coefficient (Wildman–Crippen LogP) is 10.1. The van der Waals surface area contributed by atoms with Crippen LogP contribution in [0.5, 0.6) is 0 Å². The minimum Gasteiger partial charge on any atom is -0.436 e. The molecule has 0 fully saturated rings. The van der Waals surface area contributed by atoms with Crippen molar-refractivity contribution in [2.75, 3.05) is 0 Å². The fourth-order valence-corrected chi connectivity index (χ4v) is 7.12. The lowest BCUT2D eigenvalue weighted by Crippen LogP contribution is -1.93. The number of fused-ring (bicyclic) bond motifs is 9. The molecule has 0 atom stereocenters. The van der Waals surface area contributed by atoms with E-state index in [0.717, 1.165) is 22.4 Å². The highest BCUT2D eigenvalue weighted by Crippen LogP contribution is 2.40. The summed E-state index contributed by atoms with van der Waals surface area (Å²) in [5.41, 5.74) is 6.23. The molecule has 0 saturated carbocycles. The molecule has 39 heavy (non-hydrogen) atoms. The number of nitrogens with zero attached hydrogens (tertiary/aromatic N) is 2. The molecule has 0 bridgehead atoms. The van der Waals surface area contributed by atoms with Gasteiger partial charge in [0, 0.05) is 42.2 Å². The summed E-state index contributed by atoms with van der Waals surface area (Å²) in [5.74, 6) is 0.646. The minimum atomic E-state index is 0.646. The summed E-state index contributed by atoms with van der Waals surface area (Å²) in [6.45, 7) is 0. The van der Waals surface area contributed by atoms with Crippen molar-refractivity contribution in [3.8, 4) is 17.1 Å². The maximum atomic E-state index is 6.29. The van der Waals surface area contributed by atoms with Crippen LogP contribution in [0.1, 0.15) is 0 Å². The second-order valence-corrected chi connectivity index (χ2v) is 11.1. The fraction of sp³-hybridized carbons (Fsp3) is 0. The predicted molar refractivity (Wildman–Crippen MR) is 164 cm³/mol. The van der Waals surface area contributed by atoms with Gasteiger partial charge in [-0.05, 0) is 71.4 Å². The van der Waals surface area contributed by atoms with Gasteiger partial charge in [-0.1, -0.05) is 60.7 Å². The molecule has 0 aliphatic rings. The number of rotatable bonds is 2. The van der Waals surface area contributed by atoms with Gasteiger partial charge in [-0.15, -0.1) is 11.3 Å². The summed E-state index contributed by atoms with van der Waals surface area (Å²) in [6.07, 6.45) is 0. The Kier molecular flexibility index (Phi) is 4.21. The Morgan fingerprint density at radius 2 is 1.33 bits per heavy atom. The van der Waals surface area contributed by atoms with Crippen molar-refractivity contribution in [3.05, 3.63) is 121 Å².